The maximum absolute atomic E-state index is 14.9. The van der Waals surface area contributed by atoms with Gasteiger partial charge in [0.25, 0.3) is 5.79 Å². The number of ether oxygens (including phenoxy) is 3. The fraction of sp³-hybridized carbons (Fsp3) is 0.419. The van der Waals surface area contributed by atoms with Gasteiger partial charge in [0, 0.05) is 43.7 Å². The quantitative estimate of drug-likeness (QED) is 0.273. The van der Waals surface area contributed by atoms with E-state index in [2.05, 4.69) is 14.4 Å². The number of carboxylic acid groups (broad SMARTS) is 1. The lowest BCUT2D eigenvalue weighted by Gasteiger charge is -2.42. The molecule has 0 saturated carbocycles. The van der Waals surface area contributed by atoms with Gasteiger partial charge in [-0.2, -0.15) is 0 Å². The van der Waals surface area contributed by atoms with E-state index in [1.54, 1.807) is 25.1 Å². The summed E-state index contributed by atoms with van der Waals surface area (Å²) in [6, 6.07) is 12.7. The average Bonchev–Trinajstić information content (AvgIpc) is 3.65. The number of halogens is 2. The first-order valence-corrected chi connectivity index (χ1v) is 15.8. The summed E-state index contributed by atoms with van der Waals surface area (Å²) in [6.07, 6.45) is 3.28. The molecule has 6 heterocycles. The van der Waals surface area contributed by atoms with E-state index in [0.29, 0.717) is 52.1 Å². The van der Waals surface area contributed by atoms with Gasteiger partial charge in [0.15, 0.2) is 11.5 Å². The Labute approximate surface area is 256 Å². The third kappa shape index (κ3) is 4.56. The van der Waals surface area contributed by atoms with Gasteiger partial charge in [0.05, 0.1) is 36.0 Å². The standard InChI is InChI=1S/C31H30ClFN4O5S/c1-31(21-8-5-17(32)11-22(21)33)41-25-4-2-3-23(28(25)42-31)35-13-18-6-7-19(14-35)36(18)16-27-34-29-24(12-26(43-29)30(38)39)37(27)15-20-9-10-40-20/h2-5,8,11-12,18-20H,6-7,9-10,13-16H2,1H3,(H,38,39)/t18?,19?,20-,31+/m0/s1. The fourth-order valence-electron chi connectivity index (χ4n) is 6.96. The van der Waals surface area contributed by atoms with Gasteiger partial charge >= 0.3 is 5.97 Å². The number of nitrogens with zero attached hydrogens (tertiary/aromatic N) is 4. The van der Waals surface area contributed by atoms with E-state index in [4.69, 9.17) is 30.8 Å². The molecule has 0 spiro atoms. The average molecular weight is 625 g/mol. The molecule has 4 aliphatic heterocycles. The monoisotopic (exact) mass is 624 g/mol. The van der Waals surface area contributed by atoms with Crippen LogP contribution in [0.5, 0.6) is 11.5 Å². The number of para-hydroxylation sites is 1. The molecule has 4 aliphatic rings. The molecule has 2 bridgehead atoms. The van der Waals surface area contributed by atoms with Crippen molar-refractivity contribution >= 4 is 44.9 Å². The molecule has 224 valence electrons. The summed E-state index contributed by atoms with van der Waals surface area (Å²) in [5.41, 5.74) is 2.11. The molecule has 43 heavy (non-hydrogen) atoms. The summed E-state index contributed by atoms with van der Waals surface area (Å²) in [7, 11) is 0. The molecule has 0 amide bonds. The van der Waals surface area contributed by atoms with Crippen LogP contribution in [0.2, 0.25) is 5.02 Å². The number of anilines is 1. The van der Waals surface area contributed by atoms with E-state index >= 15 is 0 Å². The Morgan fingerprint density at radius 2 is 1.95 bits per heavy atom. The van der Waals surface area contributed by atoms with E-state index in [1.807, 2.05) is 18.2 Å². The van der Waals surface area contributed by atoms with Crippen LogP contribution in [0.25, 0.3) is 10.3 Å². The highest BCUT2D eigenvalue weighted by atomic mass is 35.5. The molecule has 3 saturated heterocycles. The van der Waals surface area contributed by atoms with Crippen molar-refractivity contribution < 1.29 is 28.5 Å². The zero-order valence-electron chi connectivity index (χ0n) is 23.5. The van der Waals surface area contributed by atoms with Crippen molar-refractivity contribution in [3.05, 3.63) is 69.6 Å². The number of rotatable bonds is 7. The van der Waals surface area contributed by atoms with Crippen LogP contribution in [-0.4, -0.2) is 63.4 Å². The molecule has 0 radical (unpaired) electrons. The van der Waals surface area contributed by atoms with Crippen LogP contribution in [0.15, 0.2) is 42.5 Å². The Hall–Kier alpha value is -3.38. The van der Waals surface area contributed by atoms with Gasteiger partial charge in [0.1, 0.15) is 21.3 Å². The van der Waals surface area contributed by atoms with Gasteiger partial charge < -0.3 is 28.8 Å². The number of aromatic nitrogens is 2. The Balaban J connectivity index is 1.04. The highest BCUT2D eigenvalue weighted by Gasteiger charge is 2.45. The minimum absolute atomic E-state index is 0.132. The number of hydrogen-bond donors (Lipinski definition) is 1. The Bertz CT molecular complexity index is 1740. The van der Waals surface area contributed by atoms with Crippen molar-refractivity contribution in [3.8, 4) is 11.5 Å². The number of imidazole rings is 1. The molecule has 4 aromatic rings. The number of hydrogen-bond acceptors (Lipinski definition) is 8. The van der Waals surface area contributed by atoms with Crippen LogP contribution in [0.3, 0.4) is 0 Å². The van der Waals surface area contributed by atoms with Crippen LogP contribution >= 0.6 is 22.9 Å². The second kappa shape index (κ2) is 10.1. The van der Waals surface area contributed by atoms with Crippen LogP contribution < -0.4 is 14.4 Å². The molecule has 1 N–H and O–H groups in total. The number of carboxylic acids is 1. The van der Waals surface area contributed by atoms with E-state index in [-0.39, 0.29) is 6.10 Å². The summed E-state index contributed by atoms with van der Waals surface area (Å²) in [4.78, 5) is 22.5. The topological polar surface area (TPSA) is 89.3 Å². The summed E-state index contributed by atoms with van der Waals surface area (Å²) in [6.45, 7) is 5.49. The van der Waals surface area contributed by atoms with Crippen molar-refractivity contribution in [3.63, 3.8) is 0 Å². The largest absolute Gasteiger partial charge is 0.477 e. The molecule has 2 aromatic heterocycles. The summed E-state index contributed by atoms with van der Waals surface area (Å²) >= 11 is 7.22. The Morgan fingerprint density at radius 3 is 2.65 bits per heavy atom. The molecule has 0 aliphatic carbocycles. The van der Waals surface area contributed by atoms with Crippen molar-refractivity contribution in [1.82, 2.24) is 14.5 Å². The first-order valence-electron chi connectivity index (χ1n) is 14.6. The first-order chi connectivity index (χ1) is 20.8. The lowest BCUT2D eigenvalue weighted by molar-refractivity contribution is -0.0705. The van der Waals surface area contributed by atoms with Crippen LogP contribution in [0.1, 0.15) is 47.2 Å². The maximum atomic E-state index is 14.9. The van der Waals surface area contributed by atoms with E-state index < -0.39 is 17.6 Å². The molecule has 2 aromatic carbocycles. The van der Waals surface area contributed by atoms with Crippen molar-refractivity contribution in [1.29, 1.82) is 0 Å². The zero-order chi connectivity index (χ0) is 29.5. The predicted molar refractivity (Wildman–Crippen MR) is 160 cm³/mol. The zero-order valence-corrected chi connectivity index (χ0v) is 25.0. The van der Waals surface area contributed by atoms with Gasteiger partial charge in [-0.25, -0.2) is 14.2 Å². The van der Waals surface area contributed by atoms with Crippen LogP contribution in [0.4, 0.5) is 10.1 Å². The van der Waals surface area contributed by atoms with Crippen molar-refractivity contribution in [2.24, 2.45) is 0 Å². The number of aromatic carboxylic acids is 1. The van der Waals surface area contributed by atoms with E-state index in [0.717, 1.165) is 60.8 Å². The number of piperazine rings is 1. The minimum atomic E-state index is -1.30. The number of carbonyl (C=O) groups is 1. The molecule has 2 unspecified atom stereocenters. The smallest absolute Gasteiger partial charge is 0.346 e. The third-order valence-corrected chi connectivity index (χ3v) is 10.4. The Kier molecular flexibility index (Phi) is 6.38. The lowest BCUT2D eigenvalue weighted by atomic mass is 10.1. The second-order valence-corrected chi connectivity index (χ2v) is 13.3. The SMILES string of the molecule is C[C@@]1(c2ccc(Cl)cc2F)Oc2cccc(N3CC4CCC(C3)N4Cc3nc4sc(C(=O)O)cc4n3C[C@@H]3CCO3)c2O1. The summed E-state index contributed by atoms with van der Waals surface area (Å²) in [5, 5.41) is 9.84. The number of benzene rings is 2. The van der Waals surface area contributed by atoms with E-state index in [1.165, 1.54) is 17.4 Å². The minimum Gasteiger partial charge on any atom is -0.477 e. The van der Waals surface area contributed by atoms with Gasteiger partial charge in [-0.3, -0.25) is 4.90 Å². The fourth-order valence-corrected chi connectivity index (χ4v) is 8.01. The molecular formula is C31H30ClFN4O5S. The van der Waals surface area contributed by atoms with Gasteiger partial charge in [0.2, 0.25) is 0 Å². The Morgan fingerprint density at radius 1 is 1.16 bits per heavy atom. The lowest BCUT2D eigenvalue weighted by Crippen LogP contribution is -2.53. The molecule has 3 fully saturated rings. The van der Waals surface area contributed by atoms with Gasteiger partial charge in [-0.1, -0.05) is 17.7 Å². The summed E-state index contributed by atoms with van der Waals surface area (Å²) < 4.78 is 35.4. The molecule has 9 nitrogen and oxygen atoms in total. The van der Waals surface area contributed by atoms with Crippen molar-refractivity contribution in [2.45, 2.75) is 63.3 Å². The maximum Gasteiger partial charge on any atom is 0.346 e. The molecular weight excluding hydrogens is 595 g/mol. The van der Waals surface area contributed by atoms with Crippen LogP contribution in [0, 0.1) is 5.82 Å². The molecule has 8 rings (SSSR count). The molecule has 12 heteroatoms. The second-order valence-electron chi connectivity index (χ2n) is 11.9. The van der Waals surface area contributed by atoms with Gasteiger partial charge in [-0.05, 0) is 55.7 Å². The van der Waals surface area contributed by atoms with Crippen molar-refractivity contribution in [2.75, 3.05) is 24.6 Å². The normalized spacial score (nSPS) is 26.3. The summed E-state index contributed by atoms with van der Waals surface area (Å²) in [5.74, 6) is -0.537. The number of thiophene rings is 1. The van der Waals surface area contributed by atoms with Crippen LogP contribution in [-0.2, 0) is 23.6 Å². The third-order valence-electron chi connectivity index (χ3n) is 9.20. The number of fused-ring (bicyclic) bond motifs is 4. The van der Waals surface area contributed by atoms with Gasteiger partial charge in [-0.15, -0.1) is 11.3 Å². The first kappa shape index (κ1) is 27.2. The van der Waals surface area contributed by atoms with E-state index in [9.17, 15) is 14.3 Å². The highest BCUT2D eigenvalue weighted by molar-refractivity contribution is 7.20. The highest BCUT2D eigenvalue weighted by Crippen LogP contribution is 2.51. The predicted octanol–water partition coefficient (Wildman–Crippen LogP) is 5.87. The molecule has 4 atom stereocenters.